The number of carbonyl (C=O) groups is 1. The quantitative estimate of drug-likeness (QED) is 0.529. The Labute approximate surface area is 156 Å². The summed E-state index contributed by atoms with van der Waals surface area (Å²) in [6, 6.07) is 12.1. The topological polar surface area (TPSA) is 59.9 Å². The van der Waals surface area contributed by atoms with Crippen molar-refractivity contribution in [3.63, 3.8) is 0 Å². The molecule has 0 spiro atoms. The summed E-state index contributed by atoms with van der Waals surface area (Å²) in [4.78, 5) is 16.7. The fourth-order valence-electron chi connectivity index (χ4n) is 1.85. The molecular weight excluding hydrogens is 363 g/mol. The van der Waals surface area contributed by atoms with E-state index < -0.39 is 0 Å². The Bertz CT molecular complexity index is 734. The number of nitrogens with one attached hydrogen (secondary N) is 1. The van der Waals surface area contributed by atoms with Crippen molar-refractivity contribution >= 4 is 41.0 Å². The molecule has 1 N–H and O–H groups in total. The number of hydrogen-bond donors (Lipinski definition) is 1. The number of oxime groups is 1. The highest BCUT2D eigenvalue weighted by atomic mass is 35.5. The number of hydrogen-bond acceptors (Lipinski definition) is 4. The first-order chi connectivity index (χ1) is 12.1. The molecule has 0 saturated carbocycles. The summed E-state index contributed by atoms with van der Waals surface area (Å²) < 4.78 is 5.49. The zero-order valence-corrected chi connectivity index (χ0v) is 15.2. The highest BCUT2D eigenvalue weighted by molar-refractivity contribution is 6.32. The minimum Gasteiger partial charge on any atom is -0.492 e. The van der Waals surface area contributed by atoms with Gasteiger partial charge in [-0.1, -0.05) is 35.3 Å². The molecule has 2 aromatic rings. The number of benzene rings is 2. The molecule has 0 fully saturated rings. The van der Waals surface area contributed by atoms with Crippen molar-refractivity contribution in [3.05, 3.63) is 58.1 Å². The van der Waals surface area contributed by atoms with Gasteiger partial charge in [0.25, 0.3) is 5.91 Å². The van der Waals surface area contributed by atoms with Crippen LogP contribution in [-0.2, 0) is 9.63 Å². The van der Waals surface area contributed by atoms with E-state index in [0.29, 0.717) is 28.1 Å². The van der Waals surface area contributed by atoms with Crippen molar-refractivity contribution in [3.8, 4) is 5.75 Å². The summed E-state index contributed by atoms with van der Waals surface area (Å²) in [6.45, 7) is 2.43. The first kappa shape index (κ1) is 19.1. The van der Waals surface area contributed by atoms with E-state index in [0.717, 1.165) is 12.0 Å². The summed E-state index contributed by atoms with van der Waals surface area (Å²) in [5.41, 5.74) is 1.38. The summed E-state index contributed by atoms with van der Waals surface area (Å²) in [5.74, 6) is 0.310. The molecule has 132 valence electrons. The van der Waals surface area contributed by atoms with Gasteiger partial charge in [-0.25, -0.2) is 0 Å². The standard InChI is InChI=1S/C18H18Cl2N2O3/c1-2-9-24-17-8-3-13(10-16(17)20)11-21-25-12-18(23)22-15-6-4-14(19)5-7-15/h3-8,10-11H,2,9,12H2,1H3,(H,22,23). The van der Waals surface area contributed by atoms with E-state index in [9.17, 15) is 4.79 Å². The Hall–Kier alpha value is -2.24. The molecule has 25 heavy (non-hydrogen) atoms. The second kappa shape index (κ2) is 9.91. The van der Waals surface area contributed by atoms with Crippen molar-refractivity contribution in [2.45, 2.75) is 13.3 Å². The highest BCUT2D eigenvalue weighted by Crippen LogP contribution is 2.25. The van der Waals surface area contributed by atoms with Crippen molar-refractivity contribution in [2.75, 3.05) is 18.5 Å². The molecular formula is C18H18Cl2N2O3. The number of rotatable bonds is 8. The van der Waals surface area contributed by atoms with Crippen LogP contribution >= 0.6 is 23.2 Å². The largest absolute Gasteiger partial charge is 0.492 e. The molecule has 0 bridgehead atoms. The van der Waals surface area contributed by atoms with Crippen LogP contribution in [0.5, 0.6) is 5.75 Å². The van der Waals surface area contributed by atoms with Gasteiger partial charge in [-0.15, -0.1) is 0 Å². The summed E-state index contributed by atoms with van der Waals surface area (Å²) >= 11 is 11.9. The van der Waals surface area contributed by atoms with Crippen LogP contribution in [0.2, 0.25) is 10.0 Å². The van der Waals surface area contributed by atoms with Gasteiger partial charge in [-0.05, 0) is 54.4 Å². The lowest BCUT2D eigenvalue weighted by Crippen LogP contribution is -2.16. The van der Waals surface area contributed by atoms with Gasteiger partial charge in [-0.2, -0.15) is 0 Å². The van der Waals surface area contributed by atoms with Gasteiger partial charge >= 0.3 is 0 Å². The Morgan fingerprint density at radius 2 is 1.96 bits per heavy atom. The minimum atomic E-state index is -0.319. The van der Waals surface area contributed by atoms with Gasteiger partial charge in [-0.3, -0.25) is 4.79 Å². The molecule has 0 radical (unpaired) electrons. The van der Waals surface area contributed by atoms with E-state index in [4.69, 9.17) is 32.8 Å². The van der Waals surface area contributed by atoms with Gasteiger partial charge < -0.3 is 14.9 Å². The van der Waals surface area contributed by atoms with Crippen LogP contribution < -0.4 is 10.1 Å². The van der Waals surface area contributed by atoms with Gasteiger partial charge in [0.1, 0.15) is 5.75 Å². The van der Waals surface area contributed by atoms with E-state index in [2.05, 4.69) is 10.5 Å². The van der Waals surface area contributed by atoms with Crippen LogP contribution in [0.1, 0.15) is 18.9 Å². The van der Waals surface area contributed by atoms with Crippen LogP contribution in [0.15, 0.2) is 47.6 Å². The Balaban J connectivity index is 1.79. The molecule has 2 rings (SSSR count). The molecule has 1 amide bonds. The molecule has 7 heteroatoms. The van der Waals surface area contributed by atoms with E-state index in [1.807, 2.05) is 6.92 Å². The molecule has 0 unspecified atom stereocenters. The fraction of sp³-hybridized carbons (Fsp3) is 0.222. The van der Waals surface area contributed by atoms with Crippen LogP contribution in [0, 0.1) is 0 Å². The first-order valence-corrected chi connectivity index (χ1v) is 8.47. The van der Waals surface area contributed by atoms with Gasteiger partial charge in [0.05, 0.1) is 17.8 Å². The summed E-state index contributed by atoms with van der Waals surface area (Å²) in [6.07, 6.45) is 2.39. The SMILES string of the molecule is CCCOc1ccc(C=NOCC(=O)Nc2ccc(Cl)cc2)cc1Cl. The van der Waals surface area contributed by atoms with E-state index >= 15 is 0 Å². The lowest BCUT2D eigenvalue weighted by Gasteiger charge is -2.07. The Morgan fingerprint density at radius 1 is 1.20 bits per heavy atom. The Morgan fingerprint density at radius 3 is 2.64 bits per heavy atom. The predicted octanol–water partition coefficient (Wildman–Crippen LogP) is 4.77. The van der Waals surface area contributed by atoms with Crippen molar-refractivity contribution in [1.29, 1.82) is 0 Å². The van der Waals surface area contributed by atoms with Crippen molar-refractivity contribution in [2.24, 2.45) is 5.16 Å². The van der Waals surface area contributed by atoms with Crippen molar-refractivity contribution in [1.82, 2.24) is 0 Å². The zero-order valence-electron chi connectivity index (χ0n) is 13.7. The molecule has 0 aliphatic carbocycles. The molecule has 0 aliphatic heterocycles. The molecule has 0 saturated heterocycles. The number of anilines is 1. The number of ether oxygens (including phenoxy) is 1. The summed E-state index contributed by atoms with van der Waals surface area (Å²) in [5, 5.41) is 7.53. The van der Waals surface area contributed by atoms with Gasteiger partial charge in [0.15, 0.2) is 6.61 Å². The fourth-order valence-corrected chi connectivity index (χ4v) is 2.22. The average molecular weight is 381 g/mol. The second-order valence-corrected chi connectivity index (χ2v) is 5.94. The Kier molecular flexibility index (Phi) is 7.57. The molecule has 0 heterocycles. The number of nitrogens with zero attached hydrogens (tertiary/aromatic N) is 1. The average Bonchev–Trinajstić information content (AvgIpc) is 2.60. The third-order valence-corrected chi connectivity index (χ3v) is 3.56. The third kappa shape index (κ3) is 6.64. The highest BCUT2D eigenvalue weighted by Gasteiger charge is 2.03. The van der Waals surface area contributed by atoms with E-state index in [1.165, 1.54) is 6.21 Å². The maximum Gasteiger partial charge on any atom is 0.265 e. The molecule has 0 aliphatic rings. The minimum absolute atomic E-state index is 0.204. The molecule has 0 aromatic heterocycles. The lowest BCUT2D eigenvalue weighted by atomic mass is 10.2. The smallest absolute Gasteiger partial charge is 0.265 e. The molecule has 0 atom stereocenters. The normalized spacial score (nSPS) is 10.7. The van der Waals surface area contributed by atoms with Gasteiger partial charge in [0, 0.05) is 10.7 Å². The van der Waals surface area contributed by atoms with Crippen LogP contribution in [0.4, 0.5) is 5.69 Å². The summed E-state index contributed by atoms with van der Waals surface area (Å²) in [7, 11) is 0. The van der Waals surface area contributed by atoms with Crippen LogP contribution in [0.25, 0.3) is 0 Å². The predicted molar refractivity (Wildman–Crippen MR) is 101 cm³/mol. The number of amides is 1. The monoisotopic (exact) mass is 380 g/mol. The lowest BCUT2D eigenvalue weighted by molar-refractivity contribution is -0.120. The van der Waals surface area contributed by atoms with E-state index in [-0.39, 0.29) is 12.5 Å². The van der Waals surface area contributed by atoms with Crippen LogP contribution in [0.3, 0.4) is 0 Å². The van der Waals surface area contributed by atoms with Crippen LogP contribution in [-0.4, -0.2) is 25.3 Å². The maximum atomic E-state index is 11.7. The zero-order chi connectivity index (χ0) is 18.1. The second-order valence-electron chi connectivity index (χ2n) is 5.10. The molecule has 2 aromatic carbocycles. The first-order valence-electron chi connectivity index (χ1n) is 7.71. The number of carbonyl (C=O) groups excluding carboxylic acids is 1. The van der Waals surface area contributed by atoms with E-state index in [1.54, 1.807) is 42.5 Å². The number of halogens is 2. The maximum absolute atomic E-state index is 11.7. The molecule has 5 nitrogen and oxygen atoms in total. The van der Waals surface area contributed by atoms with Gasteiger partial charge in [0.2, 0.25) is 0 Å². The van der Waals surface area contributed by atoms with Crippen molar-refractivity contribution < 1.29 is 14.4 Å². The third-order valence-electron chi connectivity index (χ3n) is 3.02.